The van der Waals surface area contributed by atoms with E-state index in [1.165, 1.54) is 15.4 Å². The van der Waals surface area contributed by atoms with Crippen molar-refractivity contribution in [2.75, 3.05) is 0 Å². The number of aromatic nitrogens is 3. The molecule has 0 radical (unpaired) electrons. The van der Waals surface area contributed by atoms with Gasteiger partial charge in [-0.3, -0.25) is 9.36 Å². The Balaban J connectivity index is 2.76. The predicted octanol–water partition coefficient (Wildman–Crippen LogP) is 2.59. The summed E-state index contributed by atoms with van der Waals surface area (Å²) in [5.41, 5.74) is 0.976. The van der Waals surface area contributed by atoms with Crippen molar-refractivity contribution in [2.24, 2.45) is 0 Å². The average molecular weight is 250 g/mol. The lowest BCUT2D eigenvalue weighted by Gasteiger charge is -2.06. The molecule has 2 heterocycles. The van der Waals surface area contributed by atoms with Crippen LogP contribution in [0.5, 0.6) is 0 Å². The van der Waals surface area contributed by atoms with Crippen LogP contribution in [0.3, 0.4) is 0 Å². The van der Waals surface area contributed by atoms with Crippen molar-refractivity contribution in [2.45, 2.75) is 13.8 Å². The summed E-state index contributed by atoms with van der Waals surface area (Å²) in [6, 6.07) is 1.65. The predicted molar refractivity (Wildman–Crippen MR) is 69.2 cm³/mol. The van der Waals surface area contributed by atoms with E-state index < -0.39 is 0 Å². The van der Waals surface area contributed by atoms with Crippen LogP contribution in [0.15, 0.2) is 41.6 Å². The van der Waals surface area contributed by atoms with Gasteiger partial charge in [0.2, 0.25) is 0 Å². The fourth-order valence-electron chi connectivity index (χ4n) is 1.64. The van der Waals surface area contributed by atoms with E-state index in [0.717, 1.165) is 5.70 Å². The molecule has 0 saturated carbocycles. The molecule has 5 heteroatoms. The number of allylic oxidation sites excluding steroid dienone is 4. The van der Waals surface area contributed by atoms with Gasteiger partial charge in [0.15, 0.2) is 0 Å². The van der Waals surface area contributed by atoms with Gasteiger partial charge in [-0.25, -0.2) is 4.52 Å². The Morgan fingerprint density at radius 2 is 2.24 bits per heavy atom. The molecule has 0 bridgehead atoms. The summed E-state index contributed by atoms with van der Waals surface area (Å²) in [6.07, 6.45) is 8.70. The van der Waals surface area contributed by atoms with Gasteiger partial charge < -0.3 is 0 Å². The summed E-state index contributed by atoms with van der Waals surface area (Å²) in [6.45, 7) is 3.76. The Kier molecular flexibility index (Phi) is 3.15. The minimum absolute atomic E-state index is 0.179. The number of hydrogen-bond donors (Lipinski definition) is 0. The highest BCUT2D eigenvalue weighted by molar-refractivity contribution is 6.33. The van der Waals surface area contributed by atoms with Gasteiger partial charge in [-0.15, -0.1) is 0 Å². The maximum Gasteiger partial charge on any atom is 0.283 e. The van der Waals surface area contributed by atoms with Crippen molar-refractivity contribution >= 4 is 22.8 Å². The lowest BCUT2D eigenvalue weighted by molar-refractivity contribution is 0.838. The highest BCUT2D eigenvalue weighted by Crippen LogP contribution is 2.14. The summed E-state index contributed by atoms with van der Waals surface area (Å²) in [7, 11) is 0. The average Bonchev–Trinajstić information content (AvgIpc) is 2.70. The molecule has 0 spiro atoms. The standard InChI is InChI=1S/C12H12ClN3O/c1-3-5-9(4-2)15-8-14-16-7-6-10(13)11(16)12(15)17/h3-8H,1-2H3/b5-3-,9-4+. The van der Waals surface area contributed by atoms with Crippen LogP contribution in [-0.4, -0.2) is 14.2 Å². The van der Waals surface area contributed by atoms with Gasteiger partial charge >= 0.3 is 0 Å². The zero-order valence-corrected chi connectivity index (χ0v) is 10.3. The molecule has 0 atom stereocenters. The molecule has 0 aliphatic heterocycles. The van der Waals surface area contributed by atoms with Gasteiger partial charge in [-0.2, -0.15) is 5.10 Å². The van der Waals surface area contributed by atoms with Crippen LogP contribution in [0.4, 0.5) is 0 Å². The quantitative estimate of drug-likeness (QED) is 0.768. The topological polar surface area (TPSA) is 39.3 Å². The fraction of sp³-hybridized carbons (Fsp3) is 0.167. The molecule has 0 aromatic carbocycles. The summed E-state index contributed by atoms with van der Waals surface area (Å²) in [5, 5.41) is 4.54. The minimum atomic E-state index is -0.179. The number of nitrogens with zero attached hydrogens (tertiary/aromatic N) is 3. The molecule has 0 aliphatic carbocycles. The van der Waals surface area contributed by atoms with Gasteiger partial charge in [0.1, 0.15) is 11.8 Å². The van der Waals surface area contributed by atoms with E-state index in [9.17, 15) is 4.79 Å². The van der Waals surface area contributed by atoms with Gasteiger partial charge in [0.05, 0.1) is 5.02 Å². The zero-order valence-electron chi connectivity index (χ0n) is 9.59. The maximum absolute atomic E-state index is 12.2. The maximum atomic E-state index is 12.2. The minimum Gasteiger partial charge on any atom is -0.266 e. The van der Waals surface area contributed by atoms with Crippen molar-refractivity contribution in [3.8, 4) is 0 Å². The lowest BCUT2D eigenvalue weighted by Crippen LogP contribution is -2.21. The first kappa shape index (κ1) is 11.7. The molecular weight excluding hydrogens is 238 g/mol. The first-order chi connectivity index (χ1) is 8.19. The van der Waals surface area contributed by atoms with Crippen molar-refractivity contribution in [3.63, 3.8) is 0 Å². The summed E-state index contributed by atoms with van der Waals surface area (Å²) in [5.74, 6) is 0. The lowest BCUT2D eigenvalue weighted by atomic mass is 10.3. The van der Waals surface area contributed by atoms with E-state index in [1.807, 2.05) is 32.1 Å². The molecule has 0 amide bonds. The summed E-state index contributed by atoms with van der Waals surface area (Å²) >= 11 is 5.96. The van der Waals surface area contributed by atoms with E-state index in [4.69, 9.17) is 11.6 Å². The van der Waals surface area contributed by atoms with Gasteiger partial charge in [-0.1, -0.05) is 23.8 Å². The monoisotopic (exact) mass is 249 g/mol. The second-order valence-electron chi connectivity index (χ2n) is 3.48. The van der Waals surface area contributed by atoms with Crippen LogP contribution in [-0.2, 0) is 0 Å². The third-order valence-corrected chi connectivity index (χ3v) is 2.75. The number of halogens is 1. The smallest absolute Gasteiger partial charge is 0.266 e. The van der Waals surface area contributed by atoms with Crippen molar-refractivity contribution < 1.29 is 0 Å². The van der Waals surface area contributed by atoms with Gasteiger partial charge in [0.25, 0.3) is 5.56 Å². The first-order valence-corrected chi connectivity index (χ1v) is 5.60. The van der Waals surface area contributed by atoms with Crippen molar-refractivity contribution in [3.05, 3.63) is 52.2 Å². The first-order valence-electron chi connectivity index (χ1n) is 5.23. The fourth-order valence-corrected chi connectivity index (χ4v) is 1.86. The second kappa shape index (κ2) is 4.59. The SMILES string of the molecule is C/C=C\C(=C/C)n1cnn2ccc(Cl)c2c1=O. The van der Waals surface area contributed by atoms with Crippen LogP contribution < -0.4 is 5.56 Å². The van der Waals surface area contributed by atoms with Crippen LogP contribution in [0.2, 0.25) is 5.02 Å². The molecule has 4 nitrogen and oxygen atoms in total. The molecule has 0 N–H and O–H groups in total. The third-order valence-electron chi connectivity index (χ3n) is 2.44. The molecule has 2 aromatic heterocycles. The number of rotatable bonds is 2. The Hall–Kier alpha value is -1.81. The van der Waals surface area contributed by atoms with Crippen LogP contribution >= 0.6 is 11.6 Å². The summed E-state index contributed by atoms with van der Waals surface area (Å²) in [4.78, 5) is 12.2. The highest BCUT2D eigenvalue weighted by atomic mass is 35.5. The van der Waals surface area contributed by atoms with E-state index in [2.05, 4.69) is 5.10 Å². The summed E-state index contributed by atoms with van der Waals surface area (Å²) < 4.78 is 2.95. The Labute approximate surface area is 103 Å². The molecule has 0 aliphatic rings. The Bertz CT molecular complexity index is 664. The normalized spacial score (nSPS) is 12.8. The molecule has 17 heavy (non-hydrogen) atoms. The Morgan fingerprint density at radius 1 is 1.47 bits per heavy atom. The molecule has 0 unspecified atom stereocenters. The number of hydrogen-bond acceptors (Lipinski definition) is 2. The van der Waals surface area contributed by atoms with E-state index >= 15 is 0 Å². The van der Waals surface area contributed by atoms with Crippen molar-refractivity contribution in [1.82, 2.24) is 14.2 Å². The highest BCUT2D eigenvalue weighted by Gasteiger charge is 2.09. The molecular formula is C12H12ClN3O. The van der Waals surface area contributed by atoms with Crippen molar-refractivity contribution in [1.29, 1.82) is 0 Å². The zero-order chi connectivity index (χ0) is 12.4. The molecule has 0 saturated heterocycles. The largest absolute Gasteiger partial charge is 0.283 e. The molecule has 2 aromatic rings. The third kappa shape index (κ3) is 1.91. The van der Waals surface area contributed by atoms with Crippen LogP contribution in [0.1, 0.15) is 13.8 Å². The second-order valence-corrected chi connectivity index (χ2v) is 3.88. The molecule has 88 valence electrons. The van der Waals surface area contributed by atoms with Gasteiger partial charge in [0, 0.05) is 11.9 Å². The van der Waals surface area contributed by atoms with E-state index in [-0.39, 0.29) is 5.56 Å². The van der Waals surface area contributed by atoms with Crippen LogP contribution in [0, 0.1) is 0 Å². The van der Waals surface area contributed by atoms with E-state index in [1.54, 1.807) is 12.3 Å². The molecule has 2 rings (SSSR count). The Morgan fingerprint density at radius 3 is 2.88 bits per heavy atom. The van der Waals surface area contributed by atoms with E-state index in [0.29, 0.717) is 10.5 Å². The molecule has 0 fully saturated rings. The van der Waals surface area contributed by atoms with Crippen LogP contribution in [0.25, 0.3) is 11.2 Å². The van der Waals surface area contributed by atoms with Gasteiger partial charge in [-0.05, 0) is 26.0 Å². The number of fused-ring (bicyclic) bond motifs is 1.